The summed E-state index contributed by atoms with van der Waals surface area (Å²) < 4.78 is 1.02. The van der Waals surface area contributed by atoms with Gasteiger partial charge < -0.3 is 5.32 Å². The average Bonchev–Trinajstić information content (AvgIpc) is 3.06. The van der Waals surface area contributed by atoms with Crippen LogP contribution in [0.2, 0.25) is 0 Å². The zero-order valence-corrected chi connectivity index (χ0v) is 16.2. The second-order valence-electron chi connectivity index (χ2n) is 5.12. The predicted molar refractivity (Wildman–Crippen MR) is 105 cm³/mol. The van der Waals surface area contributed by atoms with Crippen LogP contribution in [0.1, 0.15) is 20.8 Å². The van der Waals surface area contributed by atoms with Crippen LogP contribution < -0.4 is 5.32 Å². The molecule has 25 heavy (non-hydrogen) atoms. The van der Waals surface area contributed by atoms with E-state index in [2.05, 4.69) is 27.3 Å². The maximum atomic E-state index is 12.6. The van der Waals surface area contributed by atoms with Crippen molar-refractivity contribution in [3.05, 3.63) is 80.5 Å². The van der Waals surface area contributed by atoms with Crippen LogP contribution in [-0.2, 0) is 6.54 Å². The summed E-state index contributed by atoms with van der Waals surface area (Å²) in [4.78, 5) is 15.3. The van der Waals surface area contributed by atoms with Gasteiger partial charge in [-0.3, -0.25) is 4.79 Å². The summed E-state index contributed by atoms with van der Waals surface area (Å²) in [7, 11) is 0. The van der Waals surface area contributed by atoms with Gasteiger partial charge >= 0.3 is 0 Å². The Morgan fingerprint density at radius 3 is 2.60 bits per heavy atom. The van der Waals surface area contributed by atoms with Gasteiger partial charge in [0, 0.05) is 24.5 Å². The molecule has 0 saturated carbocycles. The fourth-order valence-electron chi connectivity index (χ4n) is 2.22. The van der Waals surface area contributed by atoms with E-state index in [4.69, 9.17) is 0 Å². The fourth-order valence-corrected chi connectivity index (χ4v) is 4.63. The Morgan fingerprint density at radius 1 is 1.16 bits per heavy atom. The number of amides is 1. The normalized spacial score (nSPS) is 10.2. The highest BCUT2D eigenvalue weighted by molar-refractivity contribution is 9.10. The van der Waals surface area contributed by atoms with E-state index in [1.54, 1.807) is 23.5 Å². The van der Waals surface area contributed by atoms with Gasteiger partial charge in [-0.2, -0.15) is 5.26 Å². The minimum absolute atomic E-state index is 0.123. The lowest BCUT2D eigenvalue weighted by atomic mass is 10.2. The maximum absolute atomic E-state index is 12.6. The van der Waals surface area contributed by atoms with Crippen LogP contribution in [-0.4, -0.2) is 5.91 Å². The minimum Gasteiger partial charge on any atom is -0.347 e. The molecule has 1 aromatic heterocycles. The van der Waals surface area contributed by atoms with Crippen LogP contribution in [0.25, 0.3) is 0 Å². The van der Waals surface area contributed by atoms with Gasteiger partial charge in [0.2, 0.25) is 0 Å². The molecule has 3 aromatic rings. The number of halogens is 1. The van der Waals surface area contributed by atoms with Gasteiger partial charge in [-0.1, -0.05) is 36.0 Å². The molecule has 6 heteroatoms. The van der Waals surface area contributed by atoms with Crippen molar-refractivity contribution >= 4 is 44.9 Å². The number of carbonyl (C=O) groups excluding carboxylic acids is 1. The molecule has 3 nitrogen and oxygen atoms in total. The van der Waals surface area contributed by atoms with Gasteiger partial charge in [-0.25, -0.2) is 0 Å². The minimum atomic E-state index is -0.123. The molecule has 3 rings (SSSR count). The van der Waals surface area contributed by atoms with Crippen molar-refractivity contribution in [2.45, 2.75) is 16.3 Å². The summed E-state index contributed by atoms with van der Waals surface area (Å²) >= 11 is 6.44. The second kappa shape index (κ2) is 8.34. The topological polar surface area (TPSA) is 52.9 Å². The standard InChI is InChI=1S/C19H13BrN2OS2/c20-14-9-15(24-12-14)11-22-19(23)16-6-2-4-8-18(16)25-17-7-3-1-5-13(17)10-21/h1-9,12H,11H2,(H,22,23). The molecule has 1 amide bonds. The molecule has 0 aliphatic rings. The Labute approximate surface area is 162 Å². The predicted octanol–water partition coefficient (Wildman–Crippen LogP) is 5.46. The van der Waals surface area contributed by atoms with E-state index in [0.29, 0.717) is 17.7 Å². The molecule has 0 radical (unpaired) electrons. The molecular formula is C19H13BrN2OS2. The van der Waals surface area contributed by atoms with E-state index in [1.165, 1.54) is 11.8 Å². The van der Waals surface area contributed by atoms with Crippen molar-refractivity contribution in [3.8, 4) is 6.07 Å². The second-order valence-corrected chi connectivity index (χ2v) is 8.12. The Morgan fingerprint density at radius 2 is 1.88 bits per heavy atom. The van der Waals surface area contributed by atoms with Gasteiger partial charge in [0.1, 0.15) is 6.07 Å². The van der Waals surface area contributed by atoms with E-state index in [0.717, 1.165) is 19.1 Å². The number of carbonyl (C=O) groups is 1. The SMILES string of the molecule is N#Cc1ccccc1Sc1ccccc1C(=O)NCc1cc(Br)cs1. The summed E-state index contributed by atoms with van der Waals surface area (Å²) in [6, 6.07) is 19.0. The number of nitrogens with zero attached hydrogens (tertiary/aromatic N) is 1. The van der Waals surface area contributed by atoms with Crippen LogP contribution in [0.3, 0.4) is 0 Å². The number of benzene rings is 2. The van der Waals surface area contributed by atoms with Crippen molar-refractivity contribution in [1.82, 2.24) is 5.32 Å². The summed E-state index contributed by atoms with van der Waals surface area (Å²) in [5, 5.41) is 14.2. The monoisotopic (exact) mass is 428 g/mol. The van der Waals surface area contributed by atoms with Crippen molar-refractivity contribution in [2.24, 2.45) is 0 Å². The van der Waals surface area contributed by atoms with E-state index in [-0.39, 0.29) is 5.91 Å². The quantitative estimate of drug-likeness (QED) is 0.586. The van der Waals surface area contributed by atoms with E-state index in [1.807, 2.05) is 47.8 Å². The Hall–Kier alpha value is -2.07. The third-order valence-corrected chi connectivity index (χ3v) is 6.25. The number of thiophene rings is 1. The summed E-state index contributed by atoms with van der Waals surface area (Å²) in [5.41, 5.74) is 1.21. The third-order valence-electron chi connectivity index (χ3n) is 3.40. The van der Waals surface area contributed by atoms with Crippen LogP contribution >= 0.6 is 39.0 Å². The summed E-state index contributed by atoms with van der Waals surface area (Å²) in [6.45, 7) is 0.489. The van der Waals surface area contributed by atoms with Crippen LogP contribution in [0.5, 0.6) is 0 Å². The van der Waals surface area contributed by atoms with Crippen LogP contribution in [0.15, 0.2) is 74.2 Å². The van der Waals surface area contributed by atoms with Gasteiger partial charge in [0.15, 0.2) is 0 Å². The first-order valence-electron chi connectivity index (χ1n) is 7.44. The zero-order valence-electron chi connectivity index (χ0n) is 13.0. The highest BCUT2D eigenvalue weighted by Crippen LogP contribution is 2.32. The summed E-state index contributed by atoms with van der Waals surface area (Å²) in [5.74, 6) is -0.123. The van der Waals surface area contributed by atoms with Crippen LogP contribution in [0, 0.1) is 11.3 Å². The molecule has 0 saturated heterocycles. The number of rotatable bonds is 5. The maximum Gasteiger partial charge on any atom is 0.252 e. The van der Waals surface area contributed by atoms with Crippen molar-refractivity contribution in [2.75, 3.05) is 0 Å². The number of hydrogen-bond acceptors (Lipinski definition) is 4. The Bertz CT molecular complexity index is 946. The molecule has 0 unspecified atom stereocenters. The smallest absolute Gasteiger partial charge is 0.252 e. The molecule has 2 aromatic carbocycles. The molecular weight excluding hydrogens is 416 g/mol. The lowest BCUT2D eigenvalue weighted by Gasteiger charge is -2.10. The first kappa shape index (κ1) is 17.7. The molecule has 0 aliphatic heterocycles. The van der Waals surface area contributed by atoms with E-state index < -0.39 is 0 Å². The molecule has 0 atom stereocenters. The highest BCUT2D eigenvalue weighted by Gasteiger charge is 2.13. The first-order chi connectivity index (χ1) is 12.2. The average molecular weight is 429 g/mol. The fraction of sp³-hybridized carbons (Fsp3) is 0.0526. The first-order valence-corrected chi connectivity index (χ1v) is 9.93. The van der Waals surface area contributed by atoms with E-state index in [9.17, 15) is 10.1 Å². The van der Waals surface area contributed by atoms with Crippen LogP contribution in [0.4, 0.5) is 0 Å². The van der Waals surface area contributed by atoms with Gasteiger partial charge in [0.25, 0.3) is 5.91 Å². The molecule has 0 fully saturated rings. The molecule has 0 bridgehead atoms. The highest BCUT2D eigenvalue weighted by atomic mass is 79.9. The lowest BCUT2D eigenvalue weighted by Crippen LogP contribution is -2.22. The molecule has 124 valence electrons. The summed E-state index contributed by atoms with van der Waals surface area (Å²) in [6.07, 6.45) is 0. The van der Waals surface area contributed by atoms with Gasteiger partial charge in [0.05, 0.1) is 17.7 Å². The molecule has 0 spiro atoms. The van der Waals surface area contributed by atoms with E-state index >= 15 is 0 Å². The number of hydrogen-bond donors (Lipinski definition) is 1. The van der Waals surface area contributed by atoms with Gasteiger partial charge in [-0.15, -0.1) is 11.3 Å². The van der Waals surface area contributed by atoms with Crippen molar-refractivity contribution in [3.63, 3.8) is 0 Å². The zero-order chi connectivity index (χ0) is 17.6. The van der Waals surface area contributed by atoms with Crippen molar-refractivity contribution < 1.29 is 4.79 Å². The van der Waals surface area contributed by atoms with Crippen molar-refractivity contribution in [1.29, 1.82) is 5.26 Å². The largest absolute Gasteiger partial charge is 0.347 e. The molecule has 1 N–H and O–H groups in total. The number of nitrogens with one attached hydrogen (secondary N) is 1. The molecule has 0 aliphatic carbocycles. The molecule has 1 heterocycles. The third kappa shape index (κ3) is 4.51. The number of nitriles is 1. The Balaban J connectivity index is 1.78. The van der Waals surface area contributed by atoms with Gasteiger partial charge in [-0.05, 0) is 46.3 Å². The Kier molecular flexibility index (Phi) is 5.92. The lowest BCUT2D eigenvalue weighted by molar-refractivity contribution is 0.0948.